The highest BCUT2D eigenvalue weighted by Gasteiger charge is 2.49. The molecule has 5 aliphatic rings. The van der Waals surface area contributed by atoms with Gasteiger partial charge in [-0.1, -0.05) is 168 Å². The Morgan fingerprint density at radius 3 is 1.39 bits per heavy atom. The molecule has 0 fully saturated rings. The number of benzene rings is 7. The van der Waals surface area contributed by atoms with E-state index in [-0.39, 0.29) is 39.2 Å². The highest BCUT2D eigenvalue weighted by atomic mass is 32.1. The molecule has 7 aromatic carbocycles. The van der Waals surface area contributed by atoms with Gasteiger partial charge >= 0.3 is 0 Å². The smallest absolute Gasteiger partial charge is 0.264 e. The summed E-state index contributed by atoms with van der Waals surface area (Å²) in [5.41, 5.74) is 25.1. The molecule has 362 valence electrons. The Hall–Kier alpha value is -5.84. The van der Waals surface area contributed by atoms with E-state index >= 15 is 0 Å². The maximum absolute atomic E-state index is 2.75. The van der Waals surface area contributed by atoms with Crippen LogP contribution in [-0.4, -0.2) is 6.71 Å². The fourth-order valence-electron chi connectivity index (χ4n) is 14.1. The van der Waals surface area contributed by atoms with Crippen LogP contribution in [0.25, 0.3) is 32.3 Å². The SMILES string of the molecule is CC1(C)CCC(C)(C)c2cc3c(cc21)B1c2sc4cc5c(cc4c2N(c2ccc(-c4ccccc4)cc2)c2cccc(c21)N3c1cc2c(cc1-c1ccccc1)C(C)(C)CCC2(C)C)C(C)(C)CCC5(C)C. The lowest BCUT2D eigenvalue weighted by Gasteiger charge is -2.48. The number of fused-ring (bicyclic) bond motifs is 9. The summed E-state index contributed by atoms with van der Waals surface area (Å²) in [5.74, 6) is 0. The predicted molar refractivity (Wildman–Crippen MR) is 313 cm³/mol. The van der Waals surface area contributed by atoms with Crippen LogP contribution in [0.1, 0.15) is 155 Å². The van der Waals surface area contributed by atoms with Crippen LogP contribution in [0.3, 0.4) is 0 Å². The first kappa shape index (κ1) is 46.0. The van der Waals surface area contributed by atoms with Crippen molar-refractivity contribution in [2.24, 2.45) is 0 Å². The first-order valence-corrected chi connectivity index (χ1v) is 27.9. The molecule has 3 aliphatic carbocycles. The van der Waals surface area contributed by atoms with Crippen molar-refractivity contribution in [1.29, 1.82) is 0 Å². The molecule has 0 saturated carbocycles. The van der Waals surface area contributed by atoms with Crippen molar-refractivity contribution in [1.82, 2.24) is 0 Å². The minimum absolute atomic E-state index is 0.0327. The molecule has 0 saturated heterocycles. The van der Waals surface area contributed by atoms with Gasteiger partial charge in [0, 0.05) is 43.2 Å². The average Bonchev–Trinajstić information content (AvgIpc) is 3.74. The van der Waals surface area contributed by atoms with E-state index in [0.29, 0.717) is 0 Å². The van der Waals surface area contributed by atoms with E-state index in [1.807, 2.05) is 0 Å². The Morgan fingerprint density at radius 1 is 0.389 bits per heavy atom. The number of rotatable bonds is 4. The standard InChI is InChI=1S/C68H71BN2S/c1-63(2)30-33-66(7,8)51-39-57(46(36-48(51)63)44-22-17-14-18-23-44)71-56-25-19-24-55-60(56)69(54-38-50-52(40-58(54)71)67(9,10)34-32-65(50,5)6)62-61(70(55)45-28-26-43(27-29-45)42-20-15-13-16-21-42)47-37-49-53(41-59(47)72-62)68(11,12)35-31-64(49,3)4/h13-29,36-41H,30-35H2,1-12H3. The zero-order valence-electron chi connectivity index (χ0n) is 44.9. The molecule has 4 heteroatoms. The Balaban J connectivity index is 1.16. The largest absolute Gasteiger partial charge is 0.311 e. The first-order chi connectivity index (χ1) is 34.2. The van der Waals surface area contributed by atoms with Gasteiger partial charge in [0.05, 0.1) is 11.4 Å². The number of thiophene rings is 1. The molecule has 0 spiro atoms. The lowest BCUT2D eigenvalue weighted by molar-refractivity contribution is 0.332. The Bertz CT molecular complexity index is 3530. The third kappa shape index (κ3) is 6.72. The quantitative estimate of drug-likeness (QED) is 0.162. The summed E-state index contributed by atoms with van der Waals surface area (Å²) in [4.78, 5) is 5.43. The van der Waals surface area contributed by atoms with Gasteiger partial charge in [-0.25, -0.2) is 0 Å². The minimum atomic E-state index is 0.0327. The zero-order chi connectivity index (χ0) is 50.1. The van der Waals surface area contributed by atoms with Crippen LogP contribution in [0.2, 0.25) is 0 Å². The Labute approximate surface area is 434 Å². The molecule has 0 amide bonds. The highest BCUT2D eigenvalue weighted by Crippen LogP contribution is 2.56. The zero-order valence-corrected chi connectivity index (χ0v) is 45.7. The topological polar surface area (TPSA) is 6.48 Å². The van der Waals surface area contributed by atoms with E-state index in [2.05, 4.69) is 244 Å². The minimum Gasteiger partial charge on any atom is -0.311 e. The molecule has 0 bridgehead atoms. The molecule has 1 aromatic heterocycles. The van der Waals surface area contributed by atoms with Gasteiger partial charge in [-0.3, -0.25) is 0 Å². The predicted octanol–water partition coefficient (Wildman–Crippen LogP) is 17.4. The van der Waals surface area contributed by atoms with Crippen molar-refractivity contribution < 1.29 is 0 Å². The van der Waals surface area contributed by atoms with Crippen molar-refractivity contribution in [2.75, 3.05) is 9.80 Å². The monoisotopic (exact) mass is 959 g/mol. The van der Waals surface area contributed by atoms with Crippen molar-refractivity contribution >= 4 is 78.0 Å². The normalized spacial score (nSPS) is 19.9. The van der Waals surface area contributed by atoms with Crippen LogP contribution in [0.4, 0.5) is 34.1 Å². The van der Waals surface area contributed by atoms with Gasteiger partial charge in [0.2, 0.25) is 0 Å². The van der Waals surface area contributed by atoms with Crippen LogP contribution < -0.4 is 25.5 Å². The van der Waals surface area contributed by atoms with Crippen LogP contribution in [0.5, 0.6) is 0 Å². The third-order valence-electron chi connectivity index (χ3n) is 19.1. The maximum Gasteiger partial charge on any atom is 0.264 e. The lowest BCUT2D eigenvalue weighted by atomic mass is 9.35. The maximum atomic E-state index is 2.75. The molecular weight excluding hydrogens is 888 g/mol. The van der Waals surface area contributed by atoms with Gasteiger partial charge in [0.25, 0.3) is 6.71 Å². The Morgan fingerprint density at radius 2 is 0.833 bits per heavy atom. The van der Waals surface area contributed by atoms with Crippen molar-refractivity contribution in [3.05, 3.63) is 173 Å². The summed E-state index contributed by atoms with van der Waals surface area (Å²) in [6.07, 6.45) is 7.07. The first-order valence-electron chi connectivity index (χ1n) is 27.1. The van der Waals surface area contributed by atoms with Crippen LogP contribution >= 0.6 is 11.3 Å². The highest BCUT2D eigenvalue weighted by molar-refractivity contribution is 7.33. The molecule has 2 nitrogen and oxygen atoms in total. The number of nitrogens with zero attached hydrogens (tertiary/aromatic N) is 2. The van der Waals surface area contributed by atoms with Gasteiger partial charge in [-0.05, 0) is 187 Å². The van der Waals surface area contributed by atoms with Gasteiger partial charge in [0.1, 0.15) is 0 Å². The molecule has 0 atom stereocenters. The molecular formula is C68H71BN2S. The van der Waals surface area contributed by atoms with Crippen molar-refractivity contribution in [3.8, 4) is 22.3 Å². The summed E-state index contributed by atoms with van der Waals surface area (Å²) < 4.78 is 2.86. The van der Waals surface area contributed by atoms with E-state index in [0.717, 1.165) is 6.42 Å². The van der Waals surface area contributed by atoms with Crippen LogP contribution in [0.15, 0.2) is 140 Å². The molecule has 2 aliphatic heterocycles. The third-order valence-corrected chi connectivity index (χ3v) is 20.3. The second-order valence-corrected chi connectivity index (χ2v) is 27.6. The Kier molecular flexibility index (Phi) is 9.81. The second kappa shape index (κ2) is 15.4. The molecule has 13 rings (SSSR count). The van der Waals surface area contributed by atoms with E-state index in [9.17, 15) is 0 Å². The summed E-state index contributed by atoms with van der Waals surface area (Å²) in [6, 6.07) is 54.8. The van der Waals surface area contributed by atoms with E-state index < -0.39 is 0 Å². The number of hydrogen-bond acceptors (Lipinski definition) is 3. The molecule has 0 radical (unpaired) electrons. The van der Waals surface area contributed by atoms with Gasteiger partial charge in [0.15, 0.2) is 0 Å². The fraction of sp³-hybridized carbons (Fsp3) is 0.353. The van der Waals surface area contributed by atoms with Crippen LogP contribution in [-0.2, 0) is 32.5 Å². The second-order valence-electron chi connectivity index (χ2n) is 26.5. The van der Waals surface area contributed by atoms with Gasteiger partial charge in [-0.15, -0.1) is 11.3 Å². The van der Waals surface area contributed by atoms with Crippen molar-refractivity contribution in [2.45, 2.75) is 154 Å². The summed E-state index contributed by atoms with van der Waals surface area (Å²) >= 11 is 2.07. The van der Waals surface area contributed by atoms with E-state index in [1.165, 1.54) is 148 Å². The molecule has 0 unspecified atom stereocenters. The average molecular weight is 959 g/mol. The fourth-order valence-corrected chi connectivity index (χ4v) is 15.5. The van der Waals surface area contributed by atoms with Gasteiger partial charge in [-0.2, -0.15) is 0 Å². The van der Waals surface area contributed by atoms with Crippen molar-refractivity contribution in [3.63, 3.8) is 0 Å². The summed E-state index contributed by atoms with van der Waals surface area (Å²) in [6.45, 7) is 29.9. The van der Waals surface area contributed by atoms with Crippen LogP contribution in [0, 0.1) is 0 Å². The molecule has 8 aromatic rings. The molecule has 3 heterocycles. The number of hydrogen-bond donors (Lipinski definition) is 0. The summed E-state index contributed by atoms with van der Waals surface area (Å²) in [7, 11) is 0. The van der Waals surface area contributed by atoms with E-state index in [4.69, 9.17) is 0 Å². The lowest BCUT2D eigenvalue weighted by Crippen LogP contribution is -2.61. The molecule has 0 N–H and O–H groups in total. The summed E-state index contributed by atoms with van der Waals surface area (Å²) in [5, 5.41) is 1.39. The molecule has 72 heavy (non-hydrogen) atoms. The van der Waals surface area contributed by atoms with E-state index in [1.54, 1.807) is 0 Å². The number of anilines is 6. The van der Waals surface area contributed by atoms with Gasteiger partial charge < -0.3 is 9.80 Å².